The monoisotopic (exact) mass is 351 g/mol. The molecular formula is C21H18ClNO2. The van der Waals surface area contributed by atoms with E-state index in [4.69, 9.17) is 16.3 Å². The molecule has 0 radical (unpaired) electrons. The number of para-hydroxylation sites is 1. The van der Waals surface area contributed by atoms with Crippen LogP contribution in [-0.4, -0.2) is 5.91 Å². The first-order valence-corrected chi connectivity index (χ1v) is 8.44. The van der Waals surface area contributed by atoms with E-state index >= 15 is 0 Å². The third-order valence-corrected chi connectivity index (χ3v) is 3.86. The second kappa shape index (κ2) is 8.36. The van der Waals surface area contributed by atoms with Gasteiger partial charge in [-0.3, -0.25) is 4.79 Å². The maximum absolute atomic E-state index is 12.1. The van der Waals surface area contributed by atoms with Crippen molar-refractivity contribution in [2.24, 2.45) is 0 Å². The molecule has 3 rings (SSSR count). The van der Waals surface area contributed by atoms with E-state index in [-0.39, 0.29) is 5.91 Å². The van der Waals surface area contributed by atoms with Crippen LogP contribution in [0.15, 0.2) is 78.9 Å². The molecule has 3 aromatic rings. The van der Waals surface area contributed by atoms with Crippen LogP contribution in [0, 0.1) is 0 Å². The lowest BCUT2D eigenvalue weighted by Gasteiger charge is -2.08. The molecule has 3 nitrogen and oxygen atoms in total. The van der Waals surface area contributed by atoms with Crippen LogP contribution in [0.3, 0.4) is 0 Å². The predicted molar refractivity (Wildman–Crippen MR) is 101 cm³/mol. The molecule has 0 heterocycles. The van der Waals surface area contributed by atoms with Crippen molar-refractivity contribution in [2.75, 3.05) is 5.32 Å². The van der Waals surface area contributed by atoms with Crippen molar-refractivity contribution in [1.29, 1.82) is 0 Å². The molecule has 0 saturated carbocycles. The number of aryl methyl sites for hydroxylation is 1. The van der Waals surface area contributed by atoms with E-state index in [2.05, 4.69) is 5.32 Å². The smallest absolute Gasteiger partial charge is 0.224 e. The standard InChI is InChI=1S/C21H18ClNO2/c22-17-7-5-8-18(15-17)23-21(24)13-12-16-6-4-11-20(14-16)25-19-9-2-1-3-10-19/h1-11,14-15H,12-13H2,(H,23,24). The molecule has 0 aliphatic heterocycles. The van der Waals surface area contributed by atoms with Crippen molar-refractivity contribution < 1.29 is 9.53 Å². The van der Waals surface area contributed by atoms with Gasteiger partial charge in [-0.25, -0.2) is 0 Å². The lowest BCUT2D eigenvalue weighted by atomic mass is 10.1. The second-order valence-electron chi connectivity index (χ2n) is 5.62. The Hall–Kier alpha value is -2.78. The van der Waals surface area contributed by atoms with E-state index in [1.165, 1.54) is 0 Å². The molecule has 0 fully saturated rings. The van der Waals surface area contributed by atoms with Crippen molar-refractivity contribution in [3.63, 3.8) is 0 Å². The number of carbonyl (C=O) groups is 1. The summed E-state index contributed by atoms with van der Waals surface area (Å²) in [5, 5.41) is 3.45. The molecule has 0 bridgehead atoms. The zero-order valence-corrected chi connectivity index (χ0v) is 14.4. The number of anilines is 1. The van der Waals surface area contributed by atoms with Gasteiger partial charge in [0.05, 0.1) is 0 Å². The van der Waals surface area contributed by atoms with Gasteiger partial charge in [0.25, 0.3) is 0 Å². The van der Waals surface area contributed by atoms with Crippen molar-refractivity contribution in [3.8, 4) is 11.5 Å². The molecule has 3 aromatic carbocycles. The molecule has 1 amide bonds. The van der Waals surface area contributed by atoms with Crippen molar-refractivity contribution in [3.05, 3.63) is 89.4 Å². The molecular weight excluding hydrogens is 334 g/mol. The minimum absolute atomic E-state index is 0.0448. The molecule has 0 atom stereocenters. The molecule has 0 aromatic heterocycles. The number of carbonyl (C=O) groups excluding carboxylic acids is 1. The van der Waals surface area contributed by atoms with E-state index in [0.29, 0.717) is 23.6 Å². The Balaban J connectivity index is 1.56. The van der Waals surface area contributed by atoms with Crippen molar-refractivity contribution >= 4 is 23.2 Å². The first kappa shape index (κ1) is 17.1. The van der Waals surface area contributed by atoms with E-state index in [1.807, 2.05) is 66.7 Å². The number of halogens is 1. The summed E-state index contributed by atoms with van der Waals surface area (Å²) in [5.74, 6) is 1.51. The van der Waals surface area contributed by atoms with Gasteiger partial charge in [0.1, 0.15) is 11.5 Å². The average Bonchev–Trinajstić information content (AvgIpc) is 2.61. The van der Waals surface area contributed by atoms with Crippen molar-refractivity contribution in [1.82, 2.24) is 0 Å². The van der Waals surface area contributed by atoms with E-state index in [9.17, 15) is 4.79 Å². The highest BCUT2D eigenvalue weighted by Crippen LogP contribution is 2.22. The normalized spacial score (nSPS) is 10.3. The summed E-state index contributed by atoms with van der Waals surface area (Å²) in [5.41, 5.74) is 1.76. The van der Waals surface area contributed by atoms with Crippen LogP contribution < -0.4 is 10.1 Å². The first-order valence-electron chi connectivity index (χ1n) is 8.06. The molecule has 4 heteroatoms. The van der Waals surface area contributed by atoms with E-state index in [0.717, 1.165) is 17.1 Å². The molecule has 0 spiro atoms. The minimum atomic E-state index is -0.0448. The fraction of sp³-hybridized carbons (Fsp3) is 0.0952. The Morgan fingerprint density at radius 3 is 2.44 bits per heavy atom. The zero-order chi connectivity index (χ0) is 17.5. The van der Waals surface area contributed by atoms with Gasteiger partial charge < -0.3 is 10.1 Å². The highest BCUT2D eigenvalue weighted by Gasteiger charge is 2.05. The Bertz CT molecular complexity index is 849. The number of benzene rings is 3. The summed E-state index contributed by atoms with van der Waals surface area (Å²) in [6.45, 7) is 0. The van der Waals surface area contributed by atoms with Gasteiger partial charge >= 0.3 is 0 Å². The number of nitrogens with one attached hydrogen (secondary N) is 1. The van der Waals surface area contributed by atoms with Crippen LogP contribution in [0.4, 0.5) is 5.69 Å². The highest BCUT2D eigenvalue weighted by atomic mass is 35.5. The largest absolute Gasteiger partial charge is 0.457 e. The molecule has 126 valence electrons. The molecule has 0 saturated heterocycles. The summed E-state index contributed by atoms with van der Waals surface area (Å²) in [7, 11) is 0. The molecule has 0 unspecified atom stereocenters. The maximum Gasteiger partial charge on any atom is 0.224 e. The summed E-state index contributed by atoms with van der Waals surface area (Å²) in [4.78, 5) is 12.1. The molecule has 0 aliphatic carbocycles. The van der Waals surface area contributed by atoms with Crippen LogP contribution in [0.2, 0.25) is 5.02 Å². The van der Waals surface area contributed by atoms with Crippen LogP contribution in [-0.2, 0) is 11.2 Å². The first-order chi connectivity index (χ1) is 12.2. The van der Waals surface area contributed by atoms with Crippen molar-refractivity contribution in [2.45, 2.75) is 12.8 Å². The van der Waals surface area contributed by atoms with E-state index < -0.39 is 0 Å². The fourth-order valence-corrected chi connectivity index (χ4v) is 2.63. The Labute approximate surface area is 152 Å². The van der Waals surface area contributed by atoms with Gasteiger partial charge in [-0.15, -0.1) is 0 Å². The zero-order valence-electron chi connectivity index (χ0n) is 13.6. The molecule has 0 aliphatic rings. The lowest BCUT2D eigenvalue weighted by Crippen LogP contribution is -2.12. The number of hydrogen-bond donors (Lipinski definition) is 1. The number of rotatable bonds is 6. The third-order valence-electron chi connectivity index (χ3n) is 3.63. The SMILES string of the molecule is O=C(CCc1cccc(Oc2ccccc2)c1)Nc1cccc(Cl)c1. The van der Waals surface area contributed by atoms with Crippen LogP contribution in [0.1, 0.15) is 12.0 Å². The van der Waals surface area contributed by atoms with E-state index in [1.54, 1.807) is 12.1 Å². The number of hydrogen-bond acceptors (Lipinski definition) is 2. The maximum atomic E-state index is 12.1. The van der Waals surface area contributed by atoms with Gasteiger partial charge in [-0.05, 0) is 54.4 Å². The van der Waals surface area contributed by atoms with Gasteiger partial charge in [-0.2, -0.15) is 0 Å². The van der Waals surface area contributed by atoms with Crippen LogP contribution in [0.25, 0.3) is 0 Å². The van der Waals surface area contributed by atoms with Gasteiger partial charge in [0, 0.05) is 17.1 Å². The third kappa shape index (κ3) is 5.37. The highest BCUT2D eigenvalue weighted by molar-refractivity contribution is 6.30. The molecule has 1 N–H and O–H groups in total. The fourth-order valence-electron chi connectivity index (χ4n) is 2.44. The molecule has 25 heavy (non-hydrogen) atoms. The summed E-state index contributed by atoms with van der Waals surface area (Å²) in [6, 6.07) is 24.5. The van der Waals surface area contributed by atoms with Gasteiger partial charge in [-0.1, -0.05) is 48.0 Å². The van der Waals surface area contributed by atoms with Gasteiger partial charge in [0.2, 0.25) is 5.91 Å². The Morgan fingerprint density at radius 1 is 0.880 bits per heavy atom. The summed E-state index contributed by atoms with van der Waals surface area (Å²) in [6.07, 6.45) is 1.03. The Kier molecular flexibility index (Phi) is 5.70. The summed E-state index contributed by atoms with van der Waals surface area (Å²) < 4.78 is 5.82. The topological polar surface area (TPSA) is 38.3 Å². The van der Waals surface area contributed by atoms with Gasteiger partial charge in [0.15, 0.2) is 0 Å². The quantitative estimate of drug-likeness (QED) is 0.618. The Morgan fingerprint density at radius 2 is 1.64 bits per heavy atom. The predicted octanol–water partition coefficient (Wildman–Crippen LogP) is 5.70. The van der Waals surface area contributed by atoms with Crippen LogP contribution in [0.5, 0.6) is 11.5 Å². The average molecular weight is 352 g/mol. The second-order valence-corrected chi connectivity index (χ2v) is 6.06. The number of amides is 1. The minimum Gasteiger partial charge on any atom is -0.457 e. The lowest BCUT2D eigenvalue weighted by molar-refractivity contribution is -0.116. The number of ether oxygens (including phenoxy) is 1. The summed E-state index contributed by atoms with van der Waals surface area (Å²) >= 11 is 5.92. The van der Waals surface area contributed by atoms with Crippen LogP contribution >= 0.6 is 11.6 Å².